The van der Waals surface area contributed by atoms with Crippen molar-refractivity contribution >= 4 is 11.5 Å². The zero-order chi connectivity index (χ0) is 21.6. The summed E-state index contributed by atoms with van der Waals surface area (Å²) in [6, 6.07) is 15.1. The highest BCUT2D eigenvalue weighted by atomic mass is 16.5. The van der Waals surface area contributed by atoms with Crippen LogP contribution >= 0.6 is 0 Å². The summed E-state index contributed by atoms with van der Waals surface area (Å²) in [6.07, 6.45) is 5.99. The number of hydrogen-bond donors (Lipinski definition) is 1. The van der Waals surface area contributed by atoms with E-state index in [1.807, 2.05) is 12.1 Å². The van der Waals surface area contributed by atoms with Gasteiger partial charge in [0.25, 0.3) is 0 Å². The number of benzene rings is 2. The molecular formula is C26H32N2O3. The summed E-state index contributed by atoms with van der Waals surface area (Å²) in [7, 11) is 3.66. The molecule has 0 bridgehead atoms. The lowest BCUT2D eigenvalue weighted by Gasteiger charge is -2.31. The molecule has 2 aliphatic rings. The maximum Gasteiger partial charge on any atom is 0.309 e. The normalized spacial score (nSPS) is 17.6. The summed E-state index contributed by atoms with van der Waals surface area (Å²) in [5, 5.41) is 3.44. The molecule has 0 aliphatic carbocycles. The second kappa shape index (κ2) is 10.1. The van der Waals surface area contributed by atoms with Crippen molar-refractivity contribution in [3.05, 3.63) is 70.8 Å². The lowest BCUT2D eigenvalue weighted by Crippen LogP contribution is -2.41. The molecule has 1 fully saturated rings. The van der Waals surface area contributed by atoms with E-state index >= 15 is 0 Å². The van der Waals surface area contributed by atoms with Crippen molar-refractivity contribution in [1.29, 1.82) is 0 Å². The minimum Gasteiger partial charge on any atom is -0.488 e. The molecule has 5 heteroatoms. The molecule has 31 heavy (non-hydrogen) atoms. The SMILES string of the molecule is COC(=O)Cc1ccc2c(c1)/C(=C\CCN(C)C1CCNCC1)c1ccccc1CO2. The molecule has 0 unspecified atom stereocenters. The number of esters is 1. The predicted octanol–water partition coefficient (Wildman–Crippen LogP) is 3.80. The van der Waals surface area contributed by atoms with Gasteiger partial charge in [0.05, 0.1) is 13.5 Å². The lowest BCUT2D eigenvalue weighted by atomic mass is 9.92. The molecular weight excluding hydrogens is 388 g/mol. The van der Waals surface area contributed by atoms with Gasteiger partial charge in [-0.25, -0.2) is 0 Å². The number of nitrogens with zero attached hydrogens (tertiary/aromatic N) is 1. The van der Waals surface area contributed by atoms with Crippen LogP contribution in [-0.4, -0.2) is 50.7 Å². The van der Waals surface area contributed by atoms with Crippen LogP contribution in [0.25, 0.3) is 5.57 Å². The van der Waals surface area contributed by atoms with Crippen molar-refractivity contribution in [2.24, 2.45) is 0 Å². The monoisotopic (exact) mass is 420 g/mol. The summed E-state index contributed by atoms with van der Waals surface area (Å²) in [5.74, 6) is 0.631. The Kier molecular flexibility index (Phi) is 7.05. The summed E-state index contributed by atoms with van der Waals surface area (Å²) in [5.41, 5.74) is 5.57. The van der Waals surface area contributed by atoms with E-state index in [2.05, 4.69) is 53.7 Å². The van der Waals surface area contributed by atoms with Gasteiger partial charge in [0, 0.05) is 18.2 Å². The molecule has 1 N–H and O–H groups in total. The first-order valence-corrected chi connectivity index (χ1v) is 11.2. The Bertz CT molecular complexity index is 947. The van der Waals surface area contributed by atoms with Gasteiger partial charge in [0.15, 0.2) is 0 Å². The maximum atomic E-state index is 11.8. The average Bonchev–Trinajstić information content (AvgIpc) is 2.96. The number of carbonyl (C=O) groups excluding carboxylic acids is 1. The molecule has 0 aromatic heterocycles. The van der Waals surface area contributed by atoms with Crippen molar-refractivity contribution in [2.75, 3.05) is 33.8 Å². The smallest absolute Gasteiger partial charge is 0.309 e. The van der Waals surface area contributed by atoms with Crippen molar-refractivity contribution in [1.82, 2.24) is 10.2 Å². The quantitative estimate of drug-likeness (QED) is 0.721. The summed E-state index contributed by atoms with van der Waals surface area (Å²) >= 11 is 0. The maximum absolute atomic E-state index is 11.8. The third-order valence-corrected chi connectivity index (χ3v) is 6.36. The van der Waals surface area contributed by atoms with Crippen molar-refractivity contribution in [3.8, 4) is 5.75 Å². The summed E-state index contributed by atoms with van der Waals surface area (Å²) in [6.45, 7) is 3.79. The second-order valence-corrected chi connectivity index (χ2v) is 8.40. The fourth-order valence-corrected chi connectivity index (χ4v) is 4.53. The Morgan fingerprint density at radius 3 is 2.81 bits per heavy atom. The second-order valence-electron chi connectivity index (χ2n) is 8.40. The van der Waals surface area contributed by atoms with E-state index in [9.17, 15) is 4.79 Å². The molecule has 0 atom stereocenters. The van der Waals surface area contributed by atoms with E-state index in [0.717, 1.165) is 42.9 Å². The Morgan fingerprint density at radius 2 is 2.00 bits per heavy atom. The van der Waals surface area contributed by atoms with Crippen molar-refractivity contribution < 1.29 is 14.3 Å². The summed E-state index contributed by atoms with van der Waals surface area (Å²) in [4.78, 5) is 14.3. The molecule has 0 spiro atoms. The number of ether oxygens (including phenoxy) is 2. The molecule has 0 saturated carbocycles. The first-order valence-electron chi connectivity index (χ1n) is 11.2. The number of carbonyl (C=O) groups is 1. The minimum absolute atomic E-state index is 0.232. The van der Waals surface area contributed by atoms with E-state index in [1.165, 1.54) is 36.7 Å². The number of methoxy groups -OCH3 is 1. The Balaban J connectivity index is 1.62. The number of hydrogen-bond acceptors (Lipinski definition) is 5. The van der Waals surface area contributed by atoms with Gasteiger partial charge in [-0.3, -0.25) is 4.79 Å². The number of rotatable bonds is 6. The summed E-state index contributed by atoms with van der Waals surface area (Å²) < 4.78 is 11.0. The molecule has 2 aromatic carbocycles. The molecule has 0 amide bonds. The zero-order valence-corrected chi connectivity index (χ0v) is 18.5. The highest BCUT2D eigenvalue weighted by Crippen LogP contribution is 2.37. The standard InChI is InChI=1S/C26H32N2O3/c1-28(21-11-13-27-14-12-21)15-5-8-23-22-7-4-3-6-20(22)18-31-25-10-9-19(16-24(23)25)17-26(29)30-2/h3-4,6-10,16,21,27H,5,11-15,17-18H2,1-2H3/b23-8-. The van der Waals surface area contributed by atoms with E-state index < -0.39 is 0 Å². The Morgan fingerprint density at radius 1 is 1.19 bits per heavy atom. The van der Waals surface area contributed by atoms with E-state index in [-0.39, 0.29) is 12.4 Å². The van der Waals surface area contributed by atoms with Gasteiger partial charge in [-0.15, -0.1) is 0 Å². The first-order chi connectivity index (χ1) is 15.2. The van der Waals surface area contributed by atoms with Gasteiger partial charge in [-0.1, -0.05) is 36.4 Å². The predicted molar refractivity (Wildman–Crippen MR) is 123 cm³/mol. The van der Waals surface area contributed by atoms with Gasteiger partial charge < -0.3 is 19.7 Å². The third kappa shape index (κ3) is 5.17. The van der Waals surface area contributed by atoms with Crippen LogP contribution in [0.1, 0.15) is 41.5 Å². The minimum atomic E-state index is -0.232. The molecule has 2 heterocycles. The van der Waals surface area contributed by atoms with Crippen LogP contribution in [0.2, 0.25) is 0 Å². The van der Waals surface area contributed by atoms with Gasteiger partial charge in [-0.05, 0) is 73.8 Å². The fraction of sp³-hybridized carbons (Fsp3) is 0.423. The van der Waals surface area contributed by atoms with Crippen LogP contribution in [0.4, 0.5) is 0 Å². The van der Waals surface area contributed by atoms with Gasteiger partial charge >= 0.3 is 5.97 Å². The highest BCUT2D eigenvalue weighted by Gasteiger charge is 2.21. The van der Waals surface area contributed by atoms with E-state index in [4.69, 9.17) is 9.47 Å². The average molecular weight is 421 g/mol. The van der Waals surface area contributed by atoms with E-state index in [0.29, 0.717) is 12.6 Å². The van der Waals surface area contributed by atoms with Crippen LogP contribution in [0, 0.1) is 0 Å². The number of nitrogens with one attached hydrogen (secondary N) is 1. The zero-order valence-electron chi connectivity index (χ0n) is 18.5. The molecule has 2 aliphatic heterocycles. The van der Waals surface area contributed by atoms with E-state index in [1.54, 1.807) is 0 Å². The van der Waals surface area contributed by atoms with Crippen molar-refractivity contribution in [2.45, 2.75) is 38.3 Å². The third-order valence-electron chi connectivity index (χ3n) is 6.36. The van der Waals surface area contributed by atoms with Crippen LogP contribution in [0.15, 0.2) is 48.5 Å². The Labute approximate surface area is 185 Å². The number of fused-ring (bicyclic) bond motifs is 2. The molecule has 1 saturated heterocycles. The number of piperidine rings is 1. The highest BCUT2D eigenvalue weighted by molar-refractivity contribution is 5.85. The molecule has 5 nitrogen and oxygen atoms in total. The van der Waals surface area contributed by atoms with Crippen LogP contribution in [0.3, 0.4) is 0 Å². The topological polar surface area (TPSA) is 50.8 Å². The lowest BCUT2D eigenvalue weighted by molar-refractivity contribution is -0.139. The van der Waals surface area contributed by atoms with Crippen LogP contribution in [0.5, 0.6) is 5.75 Å². The van der Waals surface area contributed by atoms with Gasteiger partial charge in [-0.2, -0.15) is 0 Å². The van der Waals surface area contributed by atoms with Gasteiger partial charge in [0.1, 0.15) is 12.4 Å². The van der Waals surface area contributed by atoms with Crippen LogP contribution in [-0.2, 0) is 22.6 Å². The fourth-order valence-electron chi connectivity index (χ4n) is 4.53. The molecule has 0 radical (unpaired) electrons. The van der Waals surface area contributed by atoms with Gasteiger partial charge in [0.2, 0.25) is 0 Å². The van der Waals surface area contributed by atoms with Crippen LogP contribution < -0.4 is 10.1 Å². The Hall–Kier alpha value is -2.63. The molecule has 164 valence electrons. The largest absolute Gasteiger partial charge is 0.488 e. The van der Waals surface area contributed by atoms with Crippen molar-refractivity contribution in [3.63, 3.8) is 0 Å². The first kappa shape index (κ1) is 21.6. The molecule has 2 aromatic rings. The molecule has 4 rings (SSSR count).